The van der Waals surface area contributed by atoms with E-state index in [2.05, 4.69) is 19.2 Å². The van der Waals surface area contributed by atoms with Gasteiger partial charge in [-0.25, -0.2) is 0 Å². The number of carbonyl (C=O) groups is 2. The average Bonchev–Trinajstić information content (AvgIpc) is 2.21. The summed E-state index contributed by atoms with van der Waals surface area (Å²) in [5.41, 5.74) is 0. The topological polar surface area (TPSA) is 49.4 Å². The molecule has 0 aromatic rings. The van der Waals surface area contributed by atoms with Crippen molar-refractivity contribution in [3.05, 3.63) is 0 Å². The van der Waals surface area contributed by atoms with Gasteiger partial charge in [0.1, 0.15) is 5.78 Å². The van der Waals surface area contributed by atoms with E-state index in [1.54, 1.807) is 0 Å². The summed E-state index contributed by atoms with van der Waals surface area (Å²) in [5, 5.41) is 2.97. The van der Waals surface area contributed by atoms with Crippen molar-refractivity contribution in [2.45, 2.75) is 39.7 Å². The minimum Gasteiger partial charge on any atom is -0.352 e. The molecule has 16 heavy (non-hydrogen) atoms. The third-order valence-electron chi connectivity index (χ3n) is 3.17. The molecule has 0 aromatic carbocycles. The number of piperidine rings is 1. The molecule has 0 spiro atoms. The third-order valence-corrected chi connectivity index (χ3v) is 3.17. The van der Waals surface area contributed by atoms with Crippen LogP contribution in [0.1, 0.15) is 33.6 Å². The maximum Gasteiger partial charge on any atom is 0.234 e. The van der Waals surface area contributed by atoms with Gasteiger partial charge in [0, 0.05) is 32.0 Å². The maximum absolute atomic E-state index is 11.7. The highest BCUT2D eigenvalue weighted by Crippen LogP contribution is 2.05. The van der Waals surface area contributed by atoms with E-state index in [0.29, 0.717) is 31.1 Å². The van der Waals surface area contributed by atoms with Crippen molar-refractivity contribution in [1.82, 2.24) is 10.2 Å². The molecule has 1 unspecified atom stereocenters. The minimum absolute atomic E-state index is 0.0653. The zero-order chi connectivity index (χ0) is 12.1. The molecule has 1 N–H and O–H groups in total. The first-order chi connectivity index (χ1) is 7.49. The molecule has 1 saturated heterocycles. The zero-order valence-corrected chi connectivity index (χ0v) is 10.5. The van der Waals surface area contributed by atoms with Gasteiger partial charge in [-0.1, -0.05) is 13.8 Å². The van der Waals surface area contributed by atoms with Crippen molar-refractivity contribution >= 4 is 11.7 Å². The summed E-state index contributed by atoms with van der Waals surface area (Å²) in [6.07, 6.45) is 1.18. The van der Waals surface area contributed by atoms with Crippen LogP contribution in [0.2, 0.25) is 0 Å². The highest BCUT2D eigenvalue weighted by atomic mass is 16.2. The fraction of sp³-hybridized carbons (Fsp3) is 0.833. The Balaban J connectivity index is 2.26. The van der Waals surface area contributed by atoms with Gasteiger partial charge in [-0.05, 0) is 12.8 Å². The summed E-state index contributed by atoms with van der Waals surface area (Å²) in [6.45, 7) is 8.06. The van der Waals surface area contributed by atoms with E-state index in [9.17, 15) is 9.59 Å². The second-order valence-corrected chi connectivity index (χ2v) is 4.92. The highest BCUT2D eigenvalue weighted by molar-refractivity contribution is 5.81. The van der Waals surface area contributed by atoms with E-state index < -0.39 is 0 Å². The van der Waals surface area contributed by atoms with Crippen LogP contribution in [-0.4, -0.2) is 42.3 Å². The lowest BCUT2D eigenvalue weighted by Gasteiger charge is -2.26. The molecule has 4 nitrogen and oxygen atoms in total. The van der Waals surface area contributed by atoms with E-state index in [1.165, 1.54) is 0 Å². The Morgan fingerprint density at radius 2 is 1.88 bits per heavy atom. The number of nitrogens with zero attached hydrogens (tertiary/aromatic N) is 1. The standard InChI is InChI=1S/C12H22N2O2/c1-9(2)10(3)13-12(16)8-14-6-4-11(15)5-7-14/h9-10H,4-8H2,1-3H3,(H,13,16). The monoisotopic (exact) mass is 226 g/mol. The van der Waals surface area contributed by atoms with Crippen LogP contribution in [0.4, 0.5) is 0 Å². The molecule has 0 aliphatic carbocycles. The first-order valence-electron chi connectivity index (χ1n) is 6.02. The van der Waals surface area contributed by atoms with E-state index in [4.69, 9.17) is 0 Å². The summed E-state index contributed by atoms with van der Waals surface area (Å²) in [6, 6.07) is 0.207. The molecule has 0 aromatic heterocycles. The Morgan fingerprint density at radius 3 is 2.38 bits per heavy atom. The van der Waals surface area contributed by atoms with E-state index in [-0.39, 0.29) is 11.9 Å². The van der Waals surface area contributed by atoms with Gasteiger partial charge >= 0.3 is 0 Å². The number of hydrogen-bond donors (Lipinski definition) is 1. The van der Waals surface area contributed by atoms with Gasteiger partial charge in [0.2, 0.25) is 5.91 Å². The Kier molecular flexibility index (Phi) is 4.93. The highest BCUT2D eigenvalue weighted by Gasteiger charge is 2.19. The fourth-order valence-electron chi connectivity index (χ4n) is 1.63. The van der Waals surface area contributed by atoms with Gasteiger partial charge in [-0.2, -0.15) is 0 Å². The summed E-state index contributed by atoms with van der Waals surface area (Å²) < 4.78 is 0. The van der Waals surface area contributed by atoms with Crippen LogP contribution in [0.25, 0.3) is 0 Å². The van der Waals surface area contributed by atoms with E-state index in [1.807, 2.05) is 11.8 Å². The molecular weight excluding hydrogens is 204 g/mol. The van der Waals surface area contributed by atoms with Gasteiger partial charge < -0.3 is 5.32 Å². The van der Waals surface area contributed by atoms with Crippen LogP contribution in [0.3, 0.4) is 0 Å². The van der Waals surface area contributed by atoms with E-state index >= 15 is 0 Å². The first kappa shape index (κ1) is 13.2. The van der Waals surface area contributed by atoms with Crippen molar-refractivity contribution in [1.29, 1.82) is 0 Å². The van der Waals surface area contributed by atoms with Gasteiger partial charge in [-0.3, -0.25) is 14.5 Å². The molecule has 1 aliphatic rings. The normalized spacial score (nSPS) is 19.9. The van der Waals surface area contributed by atoms with Crippen molar-refractivity contribution in [3.8, 4) is 0 Å². The Hall–Kier alpha value is -0.900. The van der Waals surface area contributed by atoms with Crippen LogP contribution in [0.15, 0.2) is 0 Å². The number of amides is 1. The van der Waals surface area contributed by atoms with Crippen LogP contribution in [0, 0.1) is 5.92 Å². The number of Topliss-reactive ketones (excluding diaryl/α,β-unsaturated/α-hetero) is 1. The van der Waals surface area contributed by atoms with Crippen molar-refractivity contribution in [2.75, 3.05) is 19.6 Å². The molecule has 0 saturated carbocycles. The quantitative estimate of drug-likeness (QED) is 0.772. The van der Waals surface area contributed by atoms with Crippen LogP contribution >= 0.6 is 0 Å². The fourth-order valence-corrected chi connectivity index (χ4v) is 1.63. The van der Waals surface area contributed by atoms with Gasteiger partial charge in [-0.15, -0.1) is 0 Å². The summed E-state index contributed by atoms with van der Waals surface area (Å²) >= 11 is 0. The van der Waals surface area contributed by atoms with Crippen LogP contribution in [-0.2, 0) is 9.59 Å². The number of hydrogen-bond acceptors (Lipinski definition) is 3. The largest absolute Gasteiger partial charge is 0.352 e. The predicted molar refractivity (Wildman–Crippen MR) is 63.1 cm³/mol. The van der Waals surface area contributed by atoms with Gasteiger partial charge in [0.15, 0.2) is 0 Å². The summed E-state index contributed by atoms with van der Waals surface area (Å²) in [5.74, 6) is 0.828. The lowest BCUT2D eigenvalue weighted by atomic mass is 10.1. The number of ketones is 1. The molecule has 1 fully saturated rings. The Labute approximate surface area is 97.4 Å². The SMILES string of the molecule is CC(C)C(C)NC(=O)CN1CCC(=O)CC1. The Bertz CT molecular complexity index is 254. The maximum atomic E-state index is 11.7. The molecule has 1 rings (SSSR count). The Morgan fingerprint density at radius 1 is 1.31 bits per heavy atom. The second kappa shape index (κ2) is 5.99. The number of nitrogens with one attached hydrogen (secondary N) is 1. The van der Waals surface area contributed by atoms with Gasteiger partial charge in [0.25, 0.3) is 0 Å². The van der Waals surface area contributed by atoms with E-state index in [0.717, 1.165) is 13.1 Å². The van der Waals surface area contributed by atoms with Crippen molar-refractivity contribution in [2.24, 2.45) is 5.92 Å². The second-order valence-electron chi connectivity index (χ2n) is 4.92. The number of rotatable bonds is 4. The lowest BCUT2D eigenvalue weighted by molar-refractivity contribution is -0.126. The molecule has 4 heteroatoms. The molecule has 1 heterocycles. The molecule has 1 atom stereocenters. The first-order valence-corrected chi connectivity index (χ1v) is 6.02. The number of carbonyl (C=O) groups excluding carboxylic acids is 2. The van der Waals surface area contributed by atoms with Crippen molar-refractivity contribution in [3.63, 3.8) is 0 Å². The summed E-state index contributed by atoms with van der Waals surface area (Å²) in [7, 11) is 0. The predicted octanol–water partition coefficient (Wildman–Crippen LogP) is 0.812. The van der Waals surface area contributed by atoms with Crippen LogP contribution in [0.5, 0.6) is 0 Å². The summed E-state index contributed by atoms with van der Waals surface area (Å²) in [4.78, 5) is 24.7. The minimum atomic E-state index is 0.0653. The molecule has 0 bridgehead atoms. The van der Waals surface area contributed by atoms with Gasteiger partial charge in [0.05, 0.1) is 6.54 Å². The zero-order valence-electron chi connectivity index (χ0n) is 10.5. The lowest BCUT2D eigenvalue weighted by Crippen LogP contribution is -2.45. The van der Waals surface area contributed by atoms with Crippen LogP contribution < -0.4 is 5.32 Å². The molecule has 1 aliphatic heterocycles. The molecule has 1 amide bonds. The smallest absolute Gasteiger partial charge is 0.234 e. The third kappa shape index (κ3) is 4.31. The molecular formula is C12H22N2O2. The molecule has 0 radical (unpaired) electrons. The number of likely N-dealkylation sites (tertiary alicyclic amines) is 1. The van der Waals surface area contributed by atoms with Crippen molar-refractivity contribution < 1.29 is 9.59 Å². The molecule has 92 valence electrons. The average molecular weight is 226 g/mol.